The number of nitrogens with zero attached hydrogens (tertiary/aromatic N) is 5. The molecule has 2 aliphatic heterocycles. The van der Waals surface area contributed by atoms with Gasteiger partial charge in [-0.1, -0.05) is 0 Å². The number of piperidine rings is 1. The fourth-order valence-corrected chi connectivity index (χ4v) is 5.19. The Hall–Kier alpha value is -3.00. The zero-order valence-electron chi connectivity index (χ0n) is 18.0. The third-order valence-electron chi connectivity index (χ3n) is 6.53. The highest BCUT2D eigenvalue weighted by Crippen LogP contribution is 2.37. The molecule has 0 unspecified atom stereocenters. The number of hydrogen-bond acceptors (Lipinski definition) is 7. The summed E-state index contributed by atoms with van der Waals surface area (Å²) in [5, 5.41) is 15.3. The highest BCUT2D eigenvalue weighted by atomic mass is 15.2. The van der Waals surface area contributed by atoms with Gasteiger partial charge in [0, 0.05) is 54.9 Å². The number of aryl methyl sites for hydroxylation is 1. The molecular weight excluding hydrogens is 388 g/mol. The Morgan fingerprint density at radius 3 is 2.84 bits per heavy atom. The molecule has 0 aliphatic carbocycles. The number of aliphatic imine (C=N–C) groups is 1. The zero-order valence-corrected chi connectivity index (χ0v) is 18.0. The van der Waals surface area contributed by atoms with Crippen molar-refractivity contribution in [2.45, 2.75) is 57.2 Å². The maximum Gasteiger partial charge on any atom is 0.138 e. The van der Waals surface area contributed by atoms with E-state index in [-0.39, 0.29) is 0 Å². The van der Waals surface area contributed by atoms with Gasteiger partial charge in [-0.15, -0.1) is 0 Å². The molecule has 3 atom stereocenters. The Bertz CT molecular complexity index is 1050. The van der Waals surface area contributed by atoms with Crippen LogP contribution in [0.1, 0.15) is 37.8 Å². The third-order valence-corrected chi connectivity index (χ3v) is 6.53. The highest BCUT2D eigenvalue weighted by molar-refractivity contribution is 5.91. The summed E-state index contributed by atoms with van der Waals surface area (Å²) in [5.41, 5.74) is 1.86. The van der Waals surface area contributed by atoms with Crippen LogP contribution in [0.2, 0.25) is 0 Å². The second-order valence-electron chi connectivity index (χ2n) is 8.71. The molecule has 8 heteroatoms. The molecular formula is C23H30N8. The van der Waals surface area contributed by atoms with Gasteiger partial charge in [-0.25, -0.2) is 4.98 Å². The Balaban J connectivity index is 1.35. The molecule has 0 amide bonds. The van der Waals surface area contributed by atoms with Crippen molar-refractivity contribution in [3.05, 3.63) is 36.2 Å². The number of rotatable bonds is 8. The first-order valence-corrected chi connectivity index (χ1v) is 11.2. The van der Waals surface area contributed by atoms with E-state index in [1.165, 1.54) is 12.8 Å². The van der Waals surface area contributed by atoms with Gasteiger partial charge in [-0.3, -0.25) is 15.0 Å². The topological polar surface area (TPSA) is 94.1 Å². The van der Waals surface area contributed by atoms with E-state index in [2.05, 4.69) is 48.5 Å². The number of H-pyrrole nitrogens is 1. The predicted molar refractivity (Wildman–Crippen MR) is 125 cm³/mol. The standard InChI is InChI=1S/C23H30N8/c1-15-11-22(30-29-15)27-21-14-20-19(5-3-9-25-20)23(28-21)26-16-12-17-6-7-18(13-16)31(17)10-4-8-24-2/h3,5,9,11,14,16-18H,2,4,6-8,10,12-13H2,1H3,(H3,26,27,28,29,30)/t16-,17-,18+. The minimum absolute atomic E-state index is 0.423. The van der Waals surface area contributed by atoms with Crippen molar-refractivity contribution in [2.75, 3.05) is 23.7 Å². The highest BCUT2D eigenvalue weighted by Gasteiger charge is 2.40. The maximum absolute atomic E-state index is 4.91. The number of anilines is 3. The molecule has 2 bridgehead atoms. The molecule has 31 heavy (non-hydrogen) atoms. The van der Waals surface area contributed by atoms with Crippen molar-refractivity contribution in [3.8, 4) is 0 Å². The Kier molecular flexibility index (Phi) is 5.55. The molecule has 3 aromatic rings. The van der Waals surface area contributed by atoms with Crippen molar-refractivity contribution in [2.24, 2.45) is 4.99 Å². The van der Waals surface area contributed by atoms with Crippen molar-refractivity contribution >= 4 is 35.1 Å². The molecule has 3 aromatic heterocycles. The maximum atomic E-state index is 4.91. The van der Waals surface area contributed by atoms with Gasteiger partial charge >= 0.3 is 0 Å². The molecule has 2 fully saturated rings. The van der Waals surface area contributed by atoms with Crippen LogP contribution in [0.3, 0.4) is 0 Å². The lowest BCUT2D eigenvalue weighted by Crippen LogP contribution is -2.47. The number of fused-ring (bicyclic) bond motifs is 3. The van der Waals surface area contributed by atoms with Gasteiger partial charge in [0.05, 0.1) is 11.2 Å². The molecule has 5 heterocycles. The largest absolute Gasteiger partial charge is 0.367 e. The molecule has 3 N–H and O–H groups in total. The Labute approximate surface area is 182 Å². The van der Waals surface area contributed by atoms with Crippen LogP contribution in [-0.2, 0) is 0 Å². The van der Waals surface area contributed by atoms with Crippen LogP contribution in [0.15, 0.2) is 35.5 Å². The van der Waals surface area contributed by atoms with Crippen LogP contribution < -0.4 is 10.6 Å². The average Bonchev–Trinajstić information content (AvgIpc) is 3.27. The summed E-state index contributed by atoms with van der Waals surface area (Å²) < 4.78 is 0. The van der Waals surface area contributed by atoms with Crippen molar-refractivity contribution in [1.82, 2.24) is 25.1 Å². The summed E-state index contributed by atoms with van der Waals surface area (Å²) in [4.78, 5) is 16.2. The monoisotopic (exact) mass is 418 g/mol. The summed E-state index contributed by atoms with van der Waals surface area (Å²) in [6, 6.07) is 9.74. The normalized spacial score (nSPS) is 23.2. The SMILES string of the molecule is C=NCCCN1[C@@H]2CC[C@H]1C[C@H](Nc1nc(Nc3cc(C)n[nH]3)cc3ncccc13)C2. The second kappa shape index (κ2) is 8.63. The van der Waals surface area contributed by atoms with Crippen LogP contribution in [0.4, 0.5) is 17.5 Å². The van der Waals surface area contributed by atoms with Crippen molar-refractivity contribution < 1.29 is 0 Å². The van der Waals surface area contributed by atoms with E-state index in [4.69, 9.17) is 4.98 Å². The molecule has 5 rings (SSSR count). The quantitative estimate of drug-likeness (QED) is 0.379. The second-order valence-corrected chi connectivity index (χ2v) is 8.71. The molecule has 8 nitrogen and oxygen atoms in total. The van der Waals surface area contributed by atoms with Gasteiger partial charge in [0.25, 0.3) is 0 Å². The first-order valence-electron chi connectivity index (χ1n) is 11.2. The van der Waals surface area contributed by atoms with Crippen LogP contribution in [0.5, 0.6) is 0 Å². The number of aromatic nitrogens is 4. The fourth-order valence-electron chi connectivity index (χ4n) is 5.19. The first kappa shape index (κ1) is 19.9. The Morgan fingerprint density at radius 1 is 1.26 bits per heavy atom. The number of pyridine rings is 2. The minimum Gasteiger partial charge on any atom is -0.367 e. The van der Waals surface area contributed by atoms with E-state index < -0.39 is 0 Å². The molecule has 2 saturated heterocycles. The van der Waals surface area contributed by atoms with Crippen LogP contribution in [0.25, 0.3) is 10.9 Å². The molecule has 2 aliphatic rings. The smallest absolute Gasteiger partial charge is 0.138 e. The van der Waals surface area contributed by atoms with E-state index in [1.54, 1.807) is 0 Å². The van der Waals surface area contributed by atoms with Crippen LogP contribution >= 0.6 is 0 Å². The van der Waals surface area contributed by atoms with Crippen LogP contribution in [-0.4, -0.2) is 63.0 Å². The lowest BCUT2D eigenvalue weighted by molar-refractivity contribution is 0.132. The first-order chi connectivity index (χ1) is 15.2. The van der Waals surface area contributed by atoms with Crippen molar-refractivity contribution in [1.29, 1.82) is 0 Å². The van der Waals surface area contributed by atoms with Gasteiger partial charge in [0.1, 0.15) is 17.5 Å². The molecule has 0 aromatic carbocycles. The lowest BCUT2D eigenvalue weighted by atomic mass is 9.97. The molecule has 0 radical (unpaired) electrons. The number of nitrogens with one attached hydrogen (secondary N) is 3. The van der Waals surface area contributed by atoms with E-state index in [1.807, 2.05) is 31.3 Å². The number of aromatic amines is 1. The summed E-state index contributed by atoms with van der Waals surface area (Å²) in [7, 11) is 0. The van der Waals surface area contributed by atoms with Gasteiger partial charge in [-0.05, 0) is 57.9 Å². The third kappa shape index (κ3) is 4.25. The summed E-state index contributed by atoms with van der Waals surface area (Å²) in [6.45, 7) is 7.56. The van der Waals surface area contributed by atoms with Crippen LogP contribution in [0, 0.1) is 6.92 Å². The minimum atomic E-state index is 0.423. The lowest BCUT2D eigenvalue weighted by Gasteiger charge is -2.39. The average molecular weight is 419 g/mol. The van der Waals surface area contributed by atoms with Gasteiger partial charge in [-0.2, -0.15) is 5.10 Å². The number of hydrogen-bond donors (Lipinski definition) is 3. The van der Waals surface area contributed by atoms with E-state index in [0.29, 0.717) is 18.1 Å². The molecule has 162 valence electrons. The summed E-state index contributed by atoms with van der Waals surface area (Å²) in [5.74, 6) is 2.49. The fraction of sp³-hybridized carbons (Fsp3) is 0.478. The molecule has 0 spiro atoms. The molecule has 0 saturated carbocycles. The van der Waals surface area contributed by atoms with Gasteiger partial charge in [0.2, 0.25) is 0 Å². The van der Waals surface area contributed by atoms with E-state index >= 15 is 0 Å². The Morgan fingerprint density at radius 2 is 2.10 bits per heavy atom. The summed E-state index contributed by atoms with van der Waals surface area (Å²) in [6.07, 6.45) is 7.82. The van der Waals surface area contributed by atoms with Gasteiger partial charge in [0.15, 0.2) is 0 Å². The predicted octanol–water partition coefficient (Wildman–Crippen LogP) is 3.90. The zero-order chi connectivity index (χ0) is 21.2. The van der Waals surface area contributed by atoms with E-state index in [9.17, 15) is 0 Å². The summed E-state index contributed by atoms with van der Waals surface area (Å²) >= 11 is 0. The van der Waals surface area contributed by atoms with E-state index in [0.717, 1.165) is 66.4 Å². The van der Waals surface area contributed by atoms with Gasteiger partial charge < -0.3 is 15.6 Å². The van der Waals surface area contributed by atoms with Crippen molar-refractivity contribution in [3.63, 3.8) is 0 Å².